The van der Waals surface area contributed by atoms with Gasteiger partial charge in [0.05, 0.1) is 0 Å². The molecule has 31 valence electrons. The summed E-state index contributed by atoms with van der Waals surface area (Å²) in [6, 6.07) is 0. The van der Waals surface area contributed by atoms with E-state index in [0.29, 0.717) is 0 Å². The molecule has 0 unspecified atom stereocenters. The van der Waals surface area contributed by atoms with Crippen LogP contribution in [0.1, 0.15) is 0 Å². The molecule has 0 aromatic rings. The minimum Gasteiger partial charge on any atom is -0.429 e. The SMILES string of the molecule is OO.O[B]O. The molecular weight excluding hydrogens is 74.8 g/mol. The molecule has 0 amide bonds. The third-order valence-corrected chi connectivity index (χ3v) is 0. The van der Waals surface area contributed by atoms with Crippen LogP contribution in [0.25, 0.3) is 0 Å². The van der Waals surface area contributed by atoms with Crippen molar-refractivity contribution in [3.05, 3.63) is 0 Å². The van der Waals surface area contributed by atoms with E-state index >= 15 is 0 Å². The summed E-state index contributed by atoms with van der Waals surface area (Å²) in [5.41, 5.74) is 0. The monoisotopic (exact) mass is 79.0 g/mol. The van der Waals surface area contributed by atoms with Crippen molar-refractivity contribution >= 4 is 7.69 Å². The van der Waals surface area contributed by atoms with E-state index in [1.807, 2.05) is 0 Å². The van der Waals surface area contributed by atoms with Crippen LogP contribution in [0.5, 0.6) is 0 Å². The number of rotatable bonds is 0. The van der Waals surface area contributed by atoms with Gasteiger partial charge in [-0.25, -0.2) is 0 Å². The Morgan fingerprint density at radius 3 is 1.00 bits per heavy atom. The molecule has 0 fully saturated rings. The van der Waals surface area contributed by atoms with Gasteiger partial charge in [0, 0.05) is 0 Å². The summed E-state index contributed by atoms with van der Waals surface area (Å²) in [4.78, 5) is 0. The molecule has 0 atom stereocenters. The fraction of sp³-hybridized carbons (Fsp3) is 0. The number of hydrogen-bond acceptors (Lipinski definition) is 4. The van der Waals surface area contributed by atoms with E-state index in [1.165, 1.54) is 0 Å². The van der Waals surface area contributed by atoms with Crippen molar-refractivity contribution in [2.45, 2.75) is 0 Å². The lowest BCUT2D eigenvalue weighted by Crippen LogP contribution is -1.75. The highest BCUT2D eigenvalue weighted by Crippen LogP contribution is 1.08. The second-order valence-electron chi connectivity index (χ2n) is 0.115. The lowest BCUT2D eigenvalue weighted by molar-refractivity contribution is -0.176. The zero-order chi connectivity index (χ0) is 4.71. The first-order chi connectivity index (χ1) is 2.41. The fourth-order valence-corrected chi connectivity index (χ4v) is 0. The van der Waals surface area contributed by atoms with Crippen molar-refractivity contribution in [3.8, 4) is 0 Å². The van der Waals surface area contributed by atoms with Crippen molar-refractivity contribution in [2.24, 2.45) is 0 Å². The molecule has 0 spiro atoms. The van der Waals surface area contributed by atoms with E-state index in [2.05, 4.69) is 0 Å². The predicted molar refractivity (Wildman–Crippen MR) is 15.4 cm³/mol. The zero-order valence-corrected chi connectivity index (χ0v) is 2.37. The van der Waals surface area contributed by atoms with Crippen molar-refractivity contribution in [2.75, 3.05) is 0 Å². The van der Waals surface area contributed by atoms with E-state index in [0.717, 1.165) is 0 Å². The Hall–Kier alpha value is -0.0951. The van der Waals surface area contributed by atoms with Gasteiger partial charge in [-0.1, -0.05) is 0 Å². The summed E-state index contributed by atoms with van der Waals surface area (Å²) in [5.74, 6) is 0. The summed E-state index contributed by atoms with van der Waals surface area (Å²) in [6.07, 6.45) is 0. The van der Waals surface area contributed by atoms with Gasteiger partial charge in [-0.2, -0.15) is 0 Å². The summed E-state index contributed by atoms with van der Waals surface area (Å²) >= 11 is 0. The third kappa shape index (κ3) is 1570. The summed E-state index contributed by atoms with van der Waals surface area (Å²) in [5, 5.41) is 26.0. The highest BCUT2D eigenvalue weighted by Gasteiger charge is 1.51. The minimum atomic E-state index is 0. The van der Waals surface area contributed by atoms with Crippen LogP contribution < -0.4 is 0 Å². The van der Waals surface area contributed by atoms with Crippen molar-refractivity contribution < 1.29 is 20.6 Å². The Balaban J connectivity index is 0. The maximum atomic E-state index is 7.00. The lowest BCUT2D eigenvalue weighted by atomic mass is 10.5. The Labute approximate surface area is 29.5 Å². The van der Waals surface area contributed by atoms with Crippen LogP contribution in [-0.2, 0) is 0 Å². The van der Waals surface area contributed by atoms with Gasteiger partial charge in [-0.3, -0.25) is 10.5 Å². The Kier molecular flexibility index (Phi) is 71.3. The summed E-state index contributed by atoms with van der Waals surface area (Å²) in [6.45, 7) is 0. The van der Waals surface area contributed by atoms with Crippen LogP contribution >= 0.6 is 0 Å². The van der Waals surface area contributed by atoms with E-state index in [9.17, 15) is 0 Å². The van der Waals surface area contributed by atoms with Gasteiger partial charge in [-0.15, -0.1) is 0 Å². The van der Waals surface area contributed by atoms with Gasteiger partial charge in [0.25, 0.3) is 0 Å². The van der Waals surface area contributed by atoms with E-state index in [1.54, 1.807) is 0 Å². The molecule has 0 rings (SSSR count). The standard InChI is InChI=1S/BH2O2.H2O2/c2-1-3;1-2/h2-3H;1-2H. The molecule has 4 nitrogen and oxygen atoms in total. The molecule has 5 heavy (non-hydrogen) atoms. The van der Waals surface area contributed by atoms with E-state index < -0.39 is 0 Å². The van der Waals surface area contributed by atoms with Crippen molar-refractivity contribution in [1.82, 2.24) is 0 Å². The molecule has 0 aromatic heterocycles. The Morgan fingerprint density at radius 2 is 1.00 bits per heavy atom. The molecule has 0 aliphatic rings. The summed E-state index contributed by atoms with van der Waals surface area (Å²) < 4.78 is 0. The number of hydrogen-bond donors (Lipinski definition) is 4. The Morgan fingerprint density at radius 1 is 1.00 bits per heavy atom. The van der Waals surface area contributed by atoms with Gasteiger partial charge in [-0.05, 0) is 0 Å². The molecule has 0 aromatic carbocycles. The zero-order valence-electron chi connectivity index (χ0n) is 2.37. The van der Waals surface area contributed by atoms with Gasteiger partial charge >= 0.3 is 7.69 Å². The second kappa shape index (κ2) is 40.2. The lowest BCUT2D eigenvalue weighted by Gasteiger charge is -1.46. The van der Waals surface area contributed by atoms with Crippen LogP contribution in [0.3, 0.4) is 0 Å². The second-order valence-corrected chi connectivity index (χ2v) is 0.115. The molecule has 0 saturated carbocycles. The normalized spacial score (nSPS) is 4.00. The molecular formula is H4BO4. The first-order valence-electron chi connectivity index (χ1n) is 0.716. The van der Waals surface area contributed by atoms with E-state index in [4.69, 9.17) is 20.6 Å². The Bertz CT molecular complexity index is 3.61. The molecule has 0 saturated heterocycles. The fourth-order valence-electron chi connectivity index (χ4n) is 0. The maximum Gasteiger partial charge on any atom is 0.482 e. The van der Waals surface area contributed by atoms with Gasteiger partial charge in [0.15, 0.2) is 0 Å². The van der Waals surface area contributed by atoms with Crippen molar-refractivity contribution in [1.29, 1.82) is 0 Å². The average Bonchev–Trinajstić information content (AvgIpc) is 1.46. The van der Waals surface area contributed by atoms with Gasteiger partial charge < -0.3 is 10.0 Å². The average molecular weight is 78.8 g/mol. The molecule has 0 aliphatic heterocycles. The van der Waals surface area contributed by atoms with E-state index in [-0.39, 0.29) is 7.69 Å². The first kappa shape index (κ1) is 8.86. The largest absolute Gasteiger partial charge is 0.482 e. The van der Waals surface area contributed by atoms with Gasteiger partial charge in [0.1, 0.15) is 0 Å². The molecule has 0 bridgehead atoms. The highest BCUT2D eigenvalue weighted by atomic mass is 17.0. The molecule has 4 N–H and O–H groups in total. The van der Waals surface area contributed by atoms with Crippen LogP contribution in [-0.4, -0.2) is 28.2 Å². The first-order valence-corrected chi connectivity index (χ1v) is 0.716. The predicted octanol–water partition coefficient (Wildman–Crippen LogP) is -1.48. The quantitative estimate of drug-likeness (QED) is 0.162. The third-order valence-electron chi connectivity index (χ3n) is 0. The highest BCUT2D eigenvalue weighted by molar-refractivity contribution is 6.13. The van der Waals surface area contributed by atoms with Crippen LogP contribution in [0.4, 0.5) is 0 Å². The van der Waals surface area contributed by atoms with Gasteiger partial charge in [0.2, 0.25) is 0 Å². The van der Waals surface area contributed by atoms with Crippen LogP contribution in [0, 0.1) is 0 Å². The maximum absolute atomic E-state index is 7.00. The summed E-state index contributed by atoms with van der Waals surface area (Å²) in [7, 11) is 0. The molecule has 0 aliphatic carbocycles. The van der Waals surface area contributed by atoms with Crippen LogP contribution in [0.2, 0.25) is 0 Å². The van der Waals surface area contributed by atoms with Crippen LogP contribution in [0.15, 0.2) is 0 Å². The molecule has 0 heterocycles. The smallest absolute Gasteiger partial charge is 0.429 e. The topological polar surface area (TPSA) is 80.9 Å². The molecule has 5 heteroatoms. The minimum absolute atomic E-state index is 0. The molecule has 1 radical (unpaired) electrons. The van der Waals surface area contributed by atoms with Crippen molar-refractivity contribution in [3.63, 3.8) is 0 Å².